The Bertz CT molecular complexity index is 548. The summed E-state index contributed by atoms with van der Waals surface area (Å²) >= 11 is 10.7. The van der Waals surface area contributed by atoms with E-state index < -0.39 is 15.9 Å². The monoisotopic (exact) mass is 300 g/mol. The number of nitrogens with two attached hydrogens (primary N) is 1. The first kappa shape index (κ1) is 14.0. The van der Waals surface area contributed by atoms with Crippen molar-refractivity contribution in [1.82, 2.24) is 0 Å². The molecule has 0 amide bonds. The minimum atomic E-state index is -4.18. The molecule has 0 radical (unpaired) electrons. The van der Waals surface area contributed by atoms with Crippen molar-refractivity contribution in [2.75, 3.05) is 5.88 Å². The van der Waals surface area contributed by atoms with Crippen LogP contribution < -0.4 is 5.73 Å². The Morgan fingerprint density at radius 1 is 1.53 bits per heavy atom. The summed E-state index contributed by atoms with van der Waals surface area (Å²) < 4.78 is 40.1. The summed E-state index contributed by atoms with van der Waals surface area (Å²) in [4.78, 5) is -0.338. The third-order valence-corrected chi connectivity index (χ3v) is 3.23. The second-order valence-electron chi connectivity index (χ2n) is 2.82. The Labute approximate surface area is 107 Å². The van der Waals surface area contributed by atoms with Crippen LogP contribution in [0.1, 0.15) is 0 Å². The fraction of sp³-hybridized carbons (Fsp3) is 0.125. The van der Waals surface area contributed by atoms with Gasteiger partial charge in [0.1, 0.15) is 10.7 Å². The molecule has 0 saturated carbocycles. The van der Waals surface area contributed by atoms with Crippen LogP contribution in [-0.4, -0.2) is 20.1 Å². The van der Waals surface area contributed by atoms with Gasteiger partial charge in [0, 0.05) is 0 Å². The Balaban J connectivity index is 3.02. The van der Waals surface area contributed by atoms with Gasteiger partial charge >= 0.3 is 10.1 Å². The van der Waals surface area contributed by atoms with Crippen LogP contribution in [0.4, 0.5) is 4.39 Å². The topological polar surface area (TPSA) is 81.8 Å². The maximum absolute atomic E-state index is 12.8. The molecular formula is C8H7Cl2FN2O3S. The van der Waals surface area contributed by atoms with Gasteiger partial charge in [0.15, 0.2) is 5.84 Å². The molecule has 0 bridgehead atoms. The van der Waals surface area contributed by atoms with Crippen molar-refractivity contribution in [2.45, 2.75) is 4.90 Å². The highest BCUT2D eigenvalue weighted by atomic mass is 35.5. The SMILES string of the molecule is N/C(CCl)=N\OS(=O)(=O)c1ccc(F)c(Cl)c1. The Kier molecular flexibility index (Phi) is 4.55. The number of benzene rings is 1. The zero-order chi connectivity index (χ0) is 13.1. The molecule has 0 unspecified atom stereocenters. The standard InChI is InChI=1S/C8H7Cl2FN2O3S/c9-4-8(12)13-16-17(14,15)5-1-2-7(11)6(10)3-5/h1-3H,4H2,(H2,12,13). The van der Waals surface area contributed by atoms with E-state index in [1.54, 1.807) is 0 Å². The molecule has 94 valence electrons. The lowest BCUT2D eigenvalue weighted by atomic mass is 10.3. The maximum Gasteiger partial charge on any atom is 0.358 e. The normalized spacial score (nSPS) is 12.5. The third kappa shape index (κ3) is 3.72. The van der Waals surface area contributed by atoms with Crippen LogP contribution in [0.2, 0.25) is 5.02 Å². The number of oxime groups is 1. The molecule has 1 aromatic carbocycles. The second kappa shape index (κ2) is 5.52. The van der Waals surface area contributed by atoms with E-state index in [9.17, 15) is 12.8 Å². The highest BCUT2D eigenvalue weighted by Crippen LogP contribution is 2.20. The van der Waals surface area contributed by atoms with E-state index in [-0.39, 0.29) is 21.6 Å². The summed E-state index contributed by atoms with van der Waals surface area (Å²) in [5, 5.41) is 2.74. The molecular weight excluding hydrogens is 294 g/mol. The van der Waals surface area contributed by atoms with E-state index in [1.807, 2.05) is 0 Å². The average Bonchev–Trinajstić information content (AvgIpc) is 2.29. The lowest BCUT2D eigenvalue weighted by Crippen LogP contribution is -2.15. The number of amidine groups is 1. The van der Waals surface area contributed by atoms with Gasteiger partial charge in [-0.1, -0.05) is 16.8 Å². The third-order valence-electron chi connectivity index (χ3n) is 1.57. The van der Waals surface area contributed by atoms with Gasteiger partial charge in [-0.05, 0) is 18.2 Å². The van der Waals surface area contributed by atoms with Crippen LogP contribution in [0.15, 0.2) is 28.3 Å². The van der Waals surface area contributed by atoms with Gasteiger partial charge in [0.05, 0.1) is 10.9 Å². The van der Waals surface area contributed by atoms with Gasteiger partial charge < -0.3 is 5.73 Å². The molecule has 0 atom stereocenters. The van der Waals surface area contributed by atoms with E-state index in [0.29, 0.717) is 0 Å². The predicted octanol–water partition coefficient (Wildman–Crippen LogP) is 1.70. The van der Waals surface area contributed by atoms with Gasteiger partial charge in [-0.2, -0.15) is 8.42 Å². The zero-order valence-electron chi connectivity index (χ0n) is 8.23. The quantitative estimate of drug-likeness (QED) is 0.397. The first-order valence-corrected chi connectivity index (χ1v) is 6.46. The molecule has 0 spiro atoms. The van der Waals surface area contributed by atoms with Crippen LogP contribution in [0.5, 0.6) is 0 Å². The van der Waals surface area contributed by atoms with E-state index in [4.69, 9.17) is 28.9 Å². The lowest BCUT2D eigenvalue weighted by molar-refractivity contribution is 0.338. The van der Waals surface area contributed by atoms with E-state index in [2.05, 4.69) is 9.44 Å². The van der Waals surface area contributed by atoms with E-state index >= 15 is 0 Å². The van der Waals surface area contributed by atoms with Crippen molar-refractivity contribution in [3.63, 3.8) is 0 Å². The highest BCUT2D eigenvalue weighted by molar-refractivity contribution is 7.86. The molecule has 0 aliphatic heterocycles. The molecule has 0 fully saturated rings. The van der Waals surface area contributed by atoms with Gasteiger partial charge in [0.2, 0.25) is 0 Å². The second-order valence-corrected chi connectivity index (χ2v) is 5.02. The van der Waals surface area contributed by atoms with E-state index in [1.165, 1.54) is 0 Å². The highest BCUT2D eigenvalue weighted by Gasteiger charge is 2.17. The molecule has 0 heterocycles. The first-order valence-electron chi connectivity index (χ1n) is 4.14. The molecule has 0 saturated heterocycles. The zero-order valence-corrected chi connectivity index (χ0v) is 10.6. The molecule has 17 heavy (non-hydrogen) atoms. The minimum Gasteiger partial charge on any atom is -0.383 e. The van der Waals surface area contributed by atoms with Gasteiger partial charge in [-0.25, -0.2) is 4.39 Å². The Morgan fingerprint density at radius 3 is 2.71 bits per heavy atom. The summed E-state index contributed by atoms with van der Waals surface area (Å²) in [6.07, 6.45) is 0. The number of hydrogen-bond donors (Lipinski definition) is 1. The smallest absolute Gasteiger partial charge is 0.358 e. The Hall–Kier alpha value is -1.05. The van der Waals surface area contributed by atoms with Crippen molar-refractivity contribution >= 4 is 39.2 Å². The predicted molar refractivity (Wildman–Crippen MR) is 62.0 cm³/mol. The summed E-state index contributed by atoms with van der Waals surface area (Å²) in [5.74, 6) is -1.13. The van der Waals surface area contributed by atoms with Crippen molar-refractivity contribution in [1.29, 1.82) is 0 Å². The van der Waals surface area contributed by atoms with Gasteiger partial charge in [-0.3, -0.25) is 4.28 Å². The van der Waals surface area contributed by atoms with Crippen molar-refractivity contribution in [3.8, 4) is 0 Å². The molecule has 1 rings (SSSR count). The fourth-order valence-electron chi connectivity index (χ4n) is 0.797. The maximum atomic E-state index is 12.8. The van der Waals surface area contributed by atoms with E-state index in [0.717, 1.165) is 18.2 Å². The van der Waals surface area contributed by atoms with Crippen LogP contribution in [0.3, 0.4) is 0 Å². The summed E-state index contributed by atoms with van der Waals surface area (Å²) in [6, 6.07) is 2.79. The number of alkyl halides is 1. The van der Waals surface area contributed by atoms with Gasteiger partial charge in [-0.15, -0.1) is 11.6 Å². The van der Waals surface area contributed by atoms with Crippen molar-refractivity contribution in [2.24, 2.45) is 10.9 Å². The van der Waals surface area contributed by atoms with Crippen molar-refractivity contribution in [3.05, 3.63) is 29.0 Å². The van der Waals surface area contributed by atoms with Crippen LogP contribution >= 0.6 is 23.2 Å². The fourth-order valence-corrected chi connectivity index (χ4v) is 1.87. The lowest BCUT2D eigenvalue weighted by Gasteiger charge is -2.02. The minimum absolute atomic E-state index is 0.181. The molecule has 0 aliphatic rings. The molecule has 9 heteroatoms. The molecule has 2 N–H and O–H groups in total. The van der Waals surface area contributed by atoms with Crippen LogP contribution in [0, 0.1) is 5.82 Å². The van der Waals surface area contributed by atoms with Crippen molar-refractivity contribution < 1.29 is 17.1 Å². The molecule has 1 aromatic rings. The number of nitrogens with zero attached hydrogens (tertiary/aromatic N) is 1. The molecule has 0 aromatic heterocycles. The van der Waals surface area contributed by atoms with Crippen LogP contribution in [0.25, 0.3) is 0 Å². The first-order chi connectivity index (χ1) is 7.86. The van der Waals surface area contributed by atoms with Crippen LogP contribution in [-0.2, 0) is 14.4 Å². The largest absolute Gasteiger partial charge is 0.383 e. The average molecular weight is 301 g/mol. The molecule has 0 aliphatic carbocycles. The summed E-state index contributed by atoms with van der Waals surface area (Å²) in [7, 11) is -4.18. The number of rotatable bonds is 4. The summed E-state index contributed by atoms with van der Waals surface area (Å²) in [6.45, 7) is 0. The van der Waals surface area contributed by atoms with Gasteiger partial charge in [0.25, 0.3) is 0 Å². The Morgan fingerprint density at radius 2 is 2.18 bits per heavy atom. The molecule has 5 nitrogen and oxygen atoms in total. The summed E-state index contributed by atoms with van der Waals surface area (Å²) in [5.41, 5.74) is 5.15. The number of hydrogen-bond acceptors (Lipinski definition) is 4. The number of halogens is 3.